The molecule has 1 aromatic rings. The van der Waals surface area contributed by atoms with Gasteiger partial charge < -0.3 is 15.0 Å². The summed E-state index contributed by atoms with van der Waals surface area (Å²) in [7, 11) is 3.26. The standard InChI is InChI=1S/C17H26FN3OS.HI/c1-12(2)16-11-21(7-8-23-16)17(19-3)20-10-13-5-6-15(22-4)14(18)9-13;/h5-6,9,12,16H,7-8,10-11H2,1-4H3,(H,19,20);1H. The molecule has 0 aromatic heterocycles. The van der Waals surface area contributed by atoms with Crippen molar-refractivity contribution in [2.24, 2.45) is 10.9 Å². The normalized spacial score (nSPS) is 18.3. The summed E-state index contributed by atoms with van der Waals surface area (Å²) in [5.74, 6) is 2.58. The summed E-state index contributed by atoms with van der Waals surface area (Å²) in [6, 6.07) is 5.02. The highest BCUT2D eigenvalue weighted by atomic mass is 127. The van der Waals surface area contributed by atoms with Gasteiger partial charge in [-0.05, 0) is 23.6 Å². The summed E-state index contributed by atoms with van der Waals surface area (Å²) >= 11 is 2.04. The van der Waals surface area contributed by atoms with E-state index < -0.39 is 0 Å². The molecule has 136 valence electrons. The third kappa shape index (κ3) is 5.68. The number of hydrogen-bond donors (Lipinski definition) is 1. The minimum absolute atomic E-state index is 0. The van der Waals surface area contributed by atoms with Gasteiger partial charge in [-0.1, -0.05) is 19.9 Å². The Hall–Kier alpha value is -0.700. The van der Waals surface area contributed by atoms with Gasteiger partial charge in [-0.25, -0.2) is 4.39 Å². The van der Waals surface area contributed by atoms with E-state index in [1.807, 2.05) is 17.8 Å². The topological polar surface area (TPSA) is 36.9 Å². The molecule has 1 aromatic carbocycles. The number of hydrogen-bond acceptors (Lipinski definition) is 3. The zero-order chi connectivity index (χ0) is 16.8. The average molecular weight is 467 g/mol. The largest absolute Gasteiger partial charge is 0.494 e. The molecule has 1 unspecified atom stereocenters. The molecule has 2 rings (SSSR count). The summed E-state index contributed by atoms with van der Waals surface area (Å²) in [6.45, 7) is 7.06. The molecule has 1 atom stereocenters. The first kappa shape index (κ1) is 21.3. The highest BCUT2D eigenvalue weighted by molar-refractivity contribution is 14.0. The Morgan fingerprint density at radius 2 is 2.25 bits per heavy atom. The first-order valence-electron chi connectivity index (χ1n) is 7.94. The molecule has 0 aliphatic carbocycles. The first-order chi connectivity index (χ1) is 11.0. The number of nitrogens with zero attached hydrogens (tertiary/aromatic N) is 2. The van der Waals surface area contributed by atoms with Crippen LogP contribution in [-0.4, -0.2) is 49.1 Å². The van der Waals surface area contributed by atoms with Gasteiger partial charge in [0.05, 0.1) is 7.11 Å². The molecule has 0 spiro atoms. The Kier molecular flexibility index (Phi) is 9.18. The molecule has 4 nitrogen and oxygen atoms in total. The fourth-order valence-corrected chi connectivity index (χ4v) is 3.90. The fraction of sp³-hybridized carbons (Fsp3) is 0.588. The number of thioether (sulfide) groups is 1. The molecule has 24 heavy (non-hydrogen) atoms. The van der Waals surface area contributed by atoms with Crippen LogP contribution < -0.4 is 10.1 Å². The molecule has 1 aliphatic rings. The number of aliphatic imine (C=N–C) groups is 1. The lowest BCUT2D eigenvalue weighted by molar-refractivity contribution is 0.380. The van der Waals surface area contributed by atoms with E-state index in [4.69, 9.17) is 4.74 Å². The quantitative estimate of drug-likeness (QED) is 0.417. The van der Waals surface area contributed by atoms with Gasteiger partial charge in [-0.15, -0.1) is 24.0 Å². The van der Waals surface area contributed by atoms with Crippen molar-refractivity contribution in [1.82, 2.24) is 10.2 Å². The van der Waals surface area contributed by atoms with Crippen LogP contribution in [0.1, 0.15) is 19.4 Å². The number of nitrogens with one attached hydrogen (secondary N) is 1. The van der Waals surface area contributed by atoms with E-state index in [9.17, 15) is 4.39 Å². The van der Waals surface area contributed by atoms with Crippen molar-refractivity contribution >= 4 is 41.7 Å². The predicted octanol–water partition coefficient (Wildman–Crippen LogP) is 3.60. The van der Waals surface area contributed by atoms with Gasteiger partial charge in [0.15, 0.2) is 17.5 Å². The zero-order valence-corrected chi connectivity index (χ0v) is 17.9. The van der Waals surface area contributed by atoms with Crippen molar-refractivity contribution in [3.63, 3.8) is 0 Å². The number of benzene rings is 1. The maximum absolute atomic E-state index is 13.8. The predicted molar refractivity (Wildman–Crippen MR) is 111 cm³/mol. The molecule has 0 radical (unpaired) electrons. The minimum atomic E-state index is -0.337. The van der Waals surface area contributed by atoms with Crippen molar-refractivity contribution in [1.29, 1.82) is 0 Å². The highest BCUT2D eigenvalue weighted by Gasteiger charge is 2.24. The van der Waals surface area contributed by atoms with Crippen molar-refractivity contribution in [2.75, 3.05) is 33.0 Å². The number of rotatable bonds is 4. The van der Waals surface area contributed by atoms with Crippen LogP contribution in [0.4, 0.5) is 4.39 Å². The van der Waals surface area contributed by atoms with Gasteiger partial charge >= 0.3 is 0 Å². The van der Waals surface area contributed by atoms with Crippen LogP contribution in [0.5, 0.6) is 5.75 Å². The van der Waals surface area contributed by atoms with Gasteiger partial charge in [-0.2, -0.15) is 11.8 Å². The van der Waals surface area contributed by atoms with E-state index in [2.05, 4.69) is 29.1 Å². The molecular weight excluding hydrogens is 440 g/mol. The van der Waals surface area contributed by atoms with Crippen LogP contribution in [0.25, 0.3) is 0 Å². The zero-order valence-electron chi connectivity index (χ0n) is 14.7. The minimum Gasteiger partial charge on any atom is -0.494 e. The van der Waals surface area contributed by atoms with Crippen LogP contribution in [0.15, 0.2) is 23.2 Å². The van der Waals surface area contributed by atoms with Crippen LogP contribution in [0.3, 0.4) is 0 Å². The second kappa shape index (κ2) is 10.3. The third-order valence-electron chi connectivity index (χ3n) is 4.02. The van der Waals surface area contributed by atoms with E-state index in [-0.39, 0.29) is 35.5 Å². The van der Waals surface area contributed by atoms with Crippen molar-refractivity contribution < 1.29 is 9.13 Å². The van der Waals surface area contributed by atoms with Gasteiger partial charge in [0.1, 0.15) is 0 Å². The molecule has 1 heterocycles. The van der Waals surface area contributed by atoms with E-state index in [1.165, 1.54) is 13.2 Å². The van der Waals surface area contributed by atoms with Crippen LogP contribution in [0, 0.1) is 11.7 Å². The second-order valence-corrected chi connectivity index (χ2v) is 7.32. The molecule has 0 saturated carbocycles. The molecule has 1 aliphatic heterocycles. The van der Waals surface area contributed by atoms with E-state index in [0.29, 0.717) is 17.7 Å². The summed E-state index contributed by atoms with van der Waals surface area (Å²) in [5, 5.41) is 3.96. The fourth-order valence-electron chi connectivity index (χ4n) is 2.60. The summed E-state index contributed by atoms with van der Waals surface area (Å²) in [6.07, 6.45) is 0. The third-order valence-corrected chi connectivity index (χ3v) is 5.56. The maximum atomic E-state index is 13.8. The van der Waals surface area contributed by atoms with Gasteiger partial charge in [0.2, 0.25) is 0 Å². The molecule has 1 fully saturated rings. The summed E-state index contributed by atoms with van der Waals surface area (Å²) in [5.41, 5.74) is 0.872. The van der Waals surface area contributed by atoms with Crippen molar-refractivity contribution in [3.8, 4) is 5.75 Å². The first-order valence-corrected chi connectivity index (χ1v) is 8.99. The monoisotopic (exact) mass is 467 g/mol. The van der Waals surface area contributed by atoms with E-state index in [1.54, 1.807) is 13.1 Å². The molecule has 0 bridgehead atoms. The van der Waals surface area contributed by atoms with Crippen molar-refractivity contribution in [2.45, 2.75) is 25.6 Å². The van der Waals surface area contributed by atoms with E-state index >= 15 is 0 Å². The van der Waals surface area contributed by atoms with Crippen molar-refractivity contribution in [3.05, 3.63) is 29.6 Å². The lowest BCUT2D eigenvalue weighted by Gasteiger charge is -2.36. The Bertz CT molecular complexity index is 557. The van der Waals surface area contributed by atoms with E-state index in [0.717, 1.165) is 30.4 Å². The second-order valence-electron chi connectivity index (χ2n) is 5.97. The number of ether oxygens (including phenoxy) is 1. The molecule has 0 amide bonds. The summed E-state index contributed by atoms with van der Waals surface area (Å²) < 4.78 is 18.7. The van der Waals surface area contributed by atoms with Crippen LogP contribution in [-0.2, 0) is 6.54 Å². The Morgan fingerprint density at radius 1 is 1.50 bits per heavy atom. The Labute approximate surface area is 165 Å². The molecular formula is C17H27FIN3OS. The number of halogens is 2. The lowest BCUT2D eigenvalue weighted by Crippen LogP contribution is -2.48. The van der Waals surface area contributed by atoms with Gasteiger partial charge in [0, 0.05) is 37.7 Å². The van der Waals surface area contributed by atoms with Crippen LogP contribution >= 0.6 is 35.7 Å². The van der Waals surface area contributed by atoms with Gasteiger partial charge in [0.25, 0.3) is 0 Å². The summed E-state index contributed by atoms with van der Waals surface area (Å²) in [4.78, 5) is 6.67. The average Bonchev–Trinajstić information content (AvgIpc) is 2.56. The molecule has 1 N–H and O–H groups in total. The molecule has 7 heteroatoms. The van der Waals surface area contributed by atoms with Gasteiger partial charge in [-0.3, -0.25) is 4.99 Å². The Balaban J connectivity index is 0.00000288. The number of methoxy groups -OCH3 is 1. The van der Waals surface area contributed by atoms with Crippen LogP contribution in [0.2, 0.25) is 0 Å². The Morgan fingerprint density at radius 3 is 2.83 bits per heavy atom. The number of guanidine groups is 1. The SMILES string of the molecule is CN=C(NCc1ccc(OC)c(F)c1)N1CCSC(C(C)C)C1.I. The molecule has 1 saturated heterocycles. The smallest absolute Gasteiger partial charge is 0.193 e. The maximum Gasteiger partial charge on any atom is 0.193 e. The highest BCUT2D eigenvalue weighted by Crippen LogP contribution is 2.25. The lowest BCUT2D eigenvalue weighted by atomic mass is 10.1.